The first-order valence-electron chi connectivity index (χ1n) is 7.64. The average molecular weight is 303 g/mol. The van der Waals surface area contributed by atoms with Crippen molar-refractivity contribution in [1.29, 1.82) is 0 Å². The van der Waals surface area contributed by atoms with Crippen molar-refractivity contribution in [2.75, 3.05) is 32.5 Å². The van der Waals surface area contributed by atoms with Crippen molar-refractivity contribution in [3.63, 3.8) is 0 Å². The summed E-state index contributed by atoms with van der Waals surface area (Å²) in [4.78, 5) is 13.2. The van der Waals surface area contributed by atoms with Crippen molar-refractivity contribution in [3.05, 3.63) is 33.9 Å². The summed E-state index contributed by atoms with van der Waals surface area (Å²) >= 11 is 0. The topological polar surface area (TPSA) is 81.6 Å². The molecule has 1 aliphatic heterocycles. The quantitative estimate of drug-likeness (QED) is 0.514. The first kappa shape index (κ1) is 14.8. The van der Waals surface area contributed by atoms with Crippen LogP contribution >= 0.6 is 0 Å². The molecule has 22 heavy (non-hydrogen) atoms. The van der Waals surface area contributed by atoms with E-state index >= 15 is 0 Å². The van der Waals surface area contributed by atoms with Gasteiger partial charge in [-0.15, -0.1) is 0 Å². The predicted molar refractivity (Wildman–Crippen MR) is 85.8 cm³/mol. The van der Waals surface area contributed by atoms with Crippen molar-refractivity contribution in [2.24, 2.45) is 5.92 Å². The maximum Gasteiger partial charge on any atom is 0.334 e. The molecule has 2 aliphatic rings. The summed E-state index contributed by atoms with van der Waals surface area (Å²) in [7, 11) is 2.06. The summed E-state index contributed by atoms with van der Waals surface area (Å²) in [6.07, 6.45) is 5.25. The summed E-state index contributed by atoms with van der Waals surface area (Å²) in [5.41, 5.74) is 7.79. The van der Waals surface area contributed by atoms with E-state index < -0.39 is 4.92 Å². The van der Waals surface area contributed by atoms with Crippen LogP contribution in [0.3, 0.4) is 0 Å². The lowest BCUT2D eigenvalue weighted by Gasteiger charge is -2.23. The van der Waals surface area contributed by atoms with Gasteiger partial charge in [-0.25, -0.2) is 0 Å². The zero-order chi connectivity index (χ0) is 15.7. The van der Waals surface area contributed by atoms with Gasteiger partial charge in [0.2, 0.25) is 5.75 Å². The van der Waals surface area contributed by atoms with Gasteiger partial charge in [0.25, 0.3) is 0 Å². The second-order valence-electron chi connectivity index (χ2n) is 6.13. The number of hydrogen-bond donors (Lipinski definition) is 1. The highest BCUT2D eigenvalue weighted by Crippen LogP contribution is 2.42. The molecule has 0 spiro atoms. The monoisotopic (exact) mass is 303 g/mol. The molecule has 1 fully saturated rings. The zero-order valence-electron chi connectivity index (χ0n) is 12.7. The average Bonchev–Trinajstić information content (AvgIpc) is 3.30. The number of anilines is 1. The molecule has 1 aliphatic carbocycles. The van der Waals surface area contributed by atoms with Crippen LogP contribution < -0.4 is 10.5 Å². The number of nitro benzene ring substituents is 1. The Balaban J connectivity index is 1.99. The summed E-state index contributed by atoms with van der Waals surface area (Å²) in [6.45, 7) is 2.31. The molecule has 0 unspecified atom stereocenters. The fraction of sp³-hybridized carbons (Fsp3) is 0.500. The molecule has 6 heteroatoms. The minimum atomic E-state index is -0.434. The number of nitro groups is 1. The molecular weight excluding hydrogens is 282 g/mol. The lowest BCUT2D eigenvalue weighted by Crippen LogP contribution is -2.23. The van der Waals surface area contributed by atoms with Crippen LogP contribution in [0.25, 0.3) is 5.57 Å². The number of benzene rings is 1. The second-order valence-corrected chi connectivity index (χ2v) is 6.13. The minimum Gasteiger partial charge on any atom is -0.486 e. The summed E-state index contributed by atoms with van der Waals surface area (Å²) < 4.78 is 5.84. The summed E-state index contributed by atoms with van der Waals surface area (Å²) in [5, 5.41) is 11.4. The van der Waals surface area contributed by atoms with Gasteiger partial charge in [-0.2, -0.15) is 0 Å². The Morgan fingerprint density at radius 1 is 1.45 bits per heavy atom. The lowest BCUT2D eigenvalue weighted by molar-refractivity contribution is -0.384. The molecule has 0 aromatic heterocycles. The highest BCUT2D eigenvalue weighted by atomic mass is 16.6. The van der Waals surface area contributed by atoms with E-state index in [1.807, 2.05) is 6.07 Å². The highest BCUT2D eigenvalue weighted by Gasteiger charge is 2.29. The Morgan fingerprint density at radius 2 is 2.23 bits per heavy atom. The van der Waals surface area contributed by atoms with Gasteiger partial charge < -0.3 is 15.4 Å². The number of likely N-dealkylation sites (N-methyl/N-ethyl adjacent to an activating group) is 1. The van der Waals surface area contributed by atoms with Crippen LogP contribution in [-0.4, -0.2) is 36.6 Å². The van der Waals surface area contributed by atoms with E-state index in [9.17, 15) is 10.1 Å². The largest absolute Gasteiger partial charge is 0.486 e. The fourth-order valence-corrected chi connectivity index (χ4v) is 2.67. The van der Waals surface area contributed by atoms with Gasteiger partial charge in [-0.05, 0) is 49.9 Å². The van der Waals surface area contributed by atoms with Gasteiger partial charge in [-0.1, -0.05) is 6.08 Å². The molecule has 2 N–H and O–H groups in total. The maximum atomic E-state index is 11.4. The normalized spacial score (nSPS) is 18.9. The van der Waals surface area contributed by atoms with Crippen LogP contribution in [0.1, 0.15) is 24.8 Å². The summed E-state index contributed by atoms with van der Waals surface area (Å²) in [5.74, 6) is 0.869. The molecule has 0 atom stereocenters. The third kappa shape index (κ3) is 3.06. The Hall–Kier alpha value is -2.08. The smallest absolute Gasteiger partial charge is 0.334 e. The van der Waals surface area contributed by atoms with Crippen LogP contribution in [0.5, 0.6) is 5.75 Å². The Morgan fingerprint density at radius 3 is 2.82 bits per heavy atom. The summed E-state index contributed by atoms with van der Waals surface area (Å²) in [6, 6.07) is 3.46. The van der Waals surface area contributed by atoms with E-state index in [2.05, 4.69) is 18.0 Å². The number of nitrogens with two attached hydrogens (primary N) is 1. The number of nitrogens with zero attached hydrogens (tertiary/aromatic N) is 2. The van der Waals surface area contributed by atoms with Gasteiger partial charge in [0.15, 0.2) is 0 Å². The lowest BCUT2D eigenvalue weighted by atomic mass is 9.97. The molecule has 0 bridgehead atoms. The SMILES string of the molecule is CN1CC=C(c2ccc(N)c([N+](=O)[O-])c2OCC2CC2)CC1. The molecule has 1 heterocycles. The minimum absolute atomic E-state index is 0.0991. The van der Waals surface area contributed by atoms with Crippen molar-refractivity contribution in [1.82, 2.24) is 4.90 Å². The molecule has 6 nitrogen and oxygen atoms in total. The van der Waals surface area contributed by atoms with E-state index in [-0.39, 0.29) is 11.4 Å². The number of nitrogen functional groups attached to an aromatic ring is 1. The van der Waals surface area contributed by atoms with Crippen LogP contribution in [0.2, 0.25) is 0 Å². The molecule has 1 aromatic rings. The number of rotatable bonds is 5. The molecule has 0 saturated heterocycles. The van der Waals surface area contributed by atoms with Gasteiger partial charge in [0, 0.05) is 18.7 Å². The van der Waals surface area contributed by atoms with Gasteiger partial charge in [0.05, 0.1) is 11.5 Å². The van der Waals surface area contributed by atoms with E-state index in [0.29, 0.717) is 18.3 Å². The second kappa shape index (κ2) is 5.96. The number of hydrogen-bond acceptors (Lipinski definition) is 5. The Kier molecular flexibility index (Phi) is 4.02. The van der Waals surface area contributed by atoms with E-state index in [1.165, 1.54) is 0 Å². The first-order chi connectivity index (χ1) is 10.6. The molecule has 3 rings (SSSR count). The predicted octanol–water partition coefficient (Wildman–Crippen LogP) is 2.68. The molecule has 1 aromatic carbocycles. The zero-order valence-corrected chi connectivity index (χ0v) is 12.7. The van der Waals surface area contributed by atoms with Crippen LogP contribution in [0, 0.1) is 16.0 Å². The van der Waals surface area contributed by atoms with E-state index in [0.717, 1.165) is 43.5 Å². The van der Waals surface area contributed by atoms with Crippen molar-refractivity contribution in [3.8, 4) is 5.75 Å². The third-order valence-electron chi connectivity index (χ3n) is 4.26. The molecule has 1 saturated carbocycles. The molecular formula is C16H21N3O3. The standard InChI is InChI=1S/C16H21N3O3/c1-18-8-6-12(7-9-18)13-4-5-14(17)15(19(20)21)16(13)22-10-11-2-3-11/h4-6,11H,2-3,7-10,17H2,1H3. The van der Waals surface area contributed by atoms with Crippen LogP contribution in [0.4, 0.5) is 11.4 Å². The first-order valence-corrected chi connectivity index (χ1v) is 7.64. The van der Waals surface area contributed by atoms with E-state index in [1.54, 1.807) is 6.07 Å². The Labute approximate surface area is 129 Å². The van der Waals surface area contributed by atoms with Crippen molar-refractivity contribution < 1.29 is 9.66 Å². The van der Waals surface area contributed by atoms with Crippen LogP contribution in [-0.2, 0) is 0 Å². The van der Waals surface area contributed by atoms with Crippen LogP contribution in [0.15, 0.2) is 18.2 Å². The number of ether oxygens (including phenoxy) is 1. The third-order valence-corrected chi connectivity index (χ3v) is 4.26. The van der Waals surface area contributed by atoms with Gasteiger partial charge in [-0.3, -0.25) is 10.1 Å². The van der Waals surface area contributed by atoms with Crippen molar-refractivity contribution >= 4 is 16.9 Å². The molecule has 0 radical (unpaired) electrons. The van der Waals surface area contributed by atoms with Gasteiger partial charge >= 0.3 is 5.69 Å². The maximum absolute atomic E-state index is 11.4. The fourth-order valence-electron chi connectivity index (χ4n) is 2.67. The Bertz CT molecular complexity index is 623. The van der Waals surface area contributed by atoms with Gasteiger partial charge in [0.1, 0.15) is 5.69 Å². The van der Waals surface area contributed by atoms with E-state index in [4.69, 9.17) is 10.5 Å². The molecule has 118 valence electrons. The van der Waals surface area contributed by atoms with Crippen molar-refractivity contribution in [2.45, 2.75) is 19.3 Å². The highest BCUT2D eigenvalue weighted by molar-refractivity contribution is 5.80. The molecule has 0 amide bonds.